The molecule has 0 aliphatic carbocycles. The van der Waals surface area contributed by atoms with Crippen molar-refractivity contribution in [1.29, 1.82) is 0 Å². The first-order chi connectivity index (χ1) is 15.7. The summed E-state index contributed by atoms with van der Waals surface area (Å²) in [4.78, 5) is 30.0. The molecule has 9 heteroatoms. The molecule has 2 amide bonds. The van der Waals surface area contributed by atoms with E-state index in [4.69, 9.17) is 0 Å². The molecule has 1 aromatic heterocycles. The van der Waals surface area contributed by atoms with Gasteiger partial charge in [0.1, 0.15) is 11.9 Å². The maximum absolute atomic E-state index is 13.9. The number of halogens is 1. The van der Waals surface area contributed by atoms with Gasteiger partial charge in [-0.2, -0.15) is 0 Å². The van der Waals surface area contributed by atoms with Crippen LogP contribution in [-0.4, -0.2) is 60.8 Å². The number of rotatable bonds is 6. The van der Waals surface area contributed by atoms with E-state index in [1.54, 1.807) is 13.0 Å². The minimum absolute atomic E-state index is 0.0568. The largest absolute Gasteiger partial charge is 0.354 e. The summed E-state index contributed by atoms with van der Waals surface area (Å²) in [5.74, 6) is -1.06. The third kappa shape index (κ3) is 5.24. The van der Waals surface area contributed by atoms with Crippen LogP contribution in [0.2, 0.25) is 0 Å². The summed E-state index contributed by atoms with van der Waals surface area (Å²) in [6, 6.07) is 13.4. The number of H-pyrrole nitrogens is 1. The van der Waals surface area contributed by atoms with Gasteiger partial charge in [-0.3, -0.25) is 9.59 Å². The lowest BCUT2D eigenvalue weighted by atomic mass is 10.0. The average molecular weight is 472 g/mol. The molecule has 1 unspecified atom stereocenters. The zero-order valence-corrected chi connectivity index (χ0v) is 19.1. The zero-order chi connectivity index (χ0) is 23.6. The number of aryl methyl sites for hydroxylation is 1. The molecule has 2 aromatic carbocycles. The van der Waals surface area contributed by atoms with Crippen molar-refractivity contribution in [3.8, 4) is 11.3 Å². The van der Waals surface area contributed by atoms with Crippen molar-refractivity contribution in [1.82, 2.24) is 15.2 Å². The number of aromatic amines is 1. The molecule has 3 aromatic rings. The van der Waals surface area contributed by atoms with Gasteiger partial charge in [0, 0.05) is 36.1 Å². The fourth-order valence-corrected chi connectivity index (χ4v) is 5.35. The first kappa shape index (κ1) is 23.0. The van der Waals surface area contributed by atoms with Crippen LogP contribution >= 0.6 is 0 Å². The predicted molar refractivity (Wildman–Crippen MR) is 125 cm³/mol. The lowest BCUT2D eigenvalue weighted by Gasteiger charge is -2.29. The molecule has 7 nitrogen and oxygen atoms in total. The smallest absolute Gasteiger partial charge is 0.244 e. The van der Waals surface area contributed by atoms with Crippen molar-refractivity contribution < 1.29 is 22.4 Å². The summed E-state index contributed by atoms with van der Waals surface area (Å²) < 4.78 is 37.1. The number of sulfone groups is 1. The molecule has 0 bridgehead atoms. The molecule has 1 atom stereocenters. The van der Waals surface area contributed by atoms with Gasteiger partial charge in [-0.25, -0.2) is 12.8 Å². The maximum Gasteiger partial charge on any atom is 0.244 e. The monoisotopic (exact) mass is 471 g/mol. The van der Waals surface area contributed by atoms with E-state index in [9.17, 15) is 22.4 Å². The van der Waals surface area contributed by atoms with Gasteiger partial charge in [0.15, 0.2) is 9.84 Å². The number of hydrogen-bond acceptors (Lipinski definition) is 4. The van der Waals surface area contributed by atoms with Gasteiger partial charge >= 0.3 is 0 Å². The van der Waals surface area contributed by atoms with Gasteiger partial charge in [0.25, 0.3) is 0 Å². The molecular weight excluding hydrogens is 445 g/mol. The van der Waals surface area contributed by atoms with Crippen LogP contribution in [-0.2, 0) is 25.8 Å². The quantitative estimate of drug-likeness (QED) is 0.577. The van der Waals surface area contributed by atoms with Crippen molar-refractivity contribution in [2.45, 2.75) is 25.8 Å². The Labute approximate surface area is 191 Å². The highest BCUT2D eigenvalue weighted by molar-refractivity contribution is 7.91. The highest BCUT2D eigenvalue weighted by Crippen LogP contribution is 2.31. The minimum atomic E-state index is -3.09. The summed E-state index contributed by atoms with van der Waals surface area (Å²) in [5.41, 5.74) is 3.40. The van der Waals surface area contributed by atoms with E-state index in [1.165, 1.54) is 17.0 Å². The second-order valence-corrected chi connectivity index (χ2v) is 10.6. The van der Waals surface area contributed by atoms with Crippen LogP contribution in [0.1, 0.15) is 18.9 Å². The molecule has 174 valence electrons. The molecule has 1 saturated heterocycles. The fraction of sp³-hybridized carbons (Fsp3) is 0.333. The molecule has 1 aliphatic rings. The molecular formula is C24H26FN3O4S. The maximum atomic E-state index is 13.9. The third-order valence-electron chi connectivity index (χ3n) is 5.94. The van der Waals surface area contributed by atoms with E-state index in [0.29, 0.717) is 6.42 Å². The average Bonchev–Trinajstić information content (AvgIpc) is 3.15. The Morgan fingerprint density at radius 3 is 2.52 bits per heavy atom. The number of nitrogens with zero attached hydrogens (tertiary/aromatic N) is 1. The molecule has 0 saturated carbocycles. The fourth-order valence-electron chi connectivity index (χ4n) is 4.15. The van der Waals surface area contributed by atoms with Gasteiger partial charge < -0.3 is 15.2 Å². The zero-order valence-electron chi connectivity index (χ0n) is 18.3. The number of benzene rings is 2. The molecule has 2 heterocycles. The van der Waals surface area contributed by atoms with Crippen molar-refractivity contribution in [3.63, 3.8) is 0 Å². The van der Waals surface area contributed by atoms with Crippen LogP contribution in [0.4, 0.5) is 4.39 Å². The summed E-state index contributed by atoms with van der Waals surface area (Å²) in [6.45, 7) is 1.88. The number of carbonyl (C=O) groups excluding carboxylic acids is 2. The Morgan fingerprint density at radius 2 is 1.82 bits per heavy atom. The lowest BCUT2D eigenvalue weighted by Crippen LogP contribution is -2.51. The van der Waals surface area contributed by atoms with Gasteiger partial charge in [0.05, 0.1) is 11.5 Å². The number of fused-ring (bicyclic) bond motifs is 1. The van der Waals surface area contributed by atoms with Crippen molar-refractivity contribution in [2.75, 3.05) is 24.6 Å². The Hall–Kier alpha value is -3.20. The molecule has 4 rings (SSSR count). The van der Waals surface area contributed by atoms with Crippen LogP contribution < -0.4 is 5.32 Å². The van der Waals surface area contributed by atoms with E-state index < -0.39 is 15.9 Å². The first-order valence-electron chi connectivity index (χ1n) is 10.9. The van der Waals surface area contributed by atoms with E-state index in [1.807, 2.05) is 30.3 Å². The van der Waals surface area contributed by atoms with Gasteiger partial charge in [-0.05, 0) is 42.7 Å². The summed E-state index contributed by atoms with van der Waals surface area (Å²) >= 11 is 0. The number of amides is 2. The van der Waals surface area contributed by atoms with Crippen LogP contribution in [0.5, 0.6) is 0 Å². The Balaban J connectivity index is 1.45. The van der Waals surface area contributed by atoms with E-state index in [0.717, 1.165) is 27.7 Å². The van der Waals surface area contributed by atoms with E-state index in [-0.39, 0.29) is 48.6 Å². The minimum Gasteiger partial charge on any atom is -0.354 e. The Morgan fingerprint density at radius 1 is 1.12 bits per heavy atom. The predicted octanol–water partition coefficient (Wildman–Crippen LogP) is 2.67. The number of carbonyl (C=O) groups is 2. The van der Waals surface area contributed by atoms with Crippen molar-refractivity contribution in [3.05, 3.63) is 59.9 Å². The molecule has 0 spiro atoms. The summed E-state index contributed by atoms with van der Waals surface area (Å²) in [5, 5.41) is 3.44. The number of nitrogens with one attached hydrogen (secondary N) is 2. The first-order valence-corrected chi connectivity index (χ1v) is 12.7. The van der Waals surface area contributed by atoms with E-state index in [2.05, 4.69) is 10.3 Å². The van der Waals surface area contributed by atoms with Crippen molar-refractivity contribution >= 4 is 32.6 Å². The van der Waals surface area contributed by atoms with Crippen LogP contribution in [0.15, 0.2) is 48.5 Å². The van der Waals surface area contributed by atoms with Crippen LogP contribution in [0.3, 0.4) is 0 Å². The van der Waals surface area contributed by atoms with Crippen molar-refractivity contribution in [2.24, 2.45) is 0 Å². The van der Waals surface area contributed by atoms with Crippen LogP contribution in [0.25, 0.3) is 22.2 Å². The van der Waals surface area contributed by atoms with E-state index >= 15 is 0 Å². The Kier molecular flexibility index (Phi) is 6.51. The highest BCUT2D eigenvalue weighted by Gasteiger charge is 2.28. The van der Waals surface area contributed by atoms with Gasteiger partial charge in [-0.15, -0.1) is 0 Å². The highest BCUT2D eigenvalue weighted by atomic mass is 32.2. The second-order valence-electron chi connectivity index (χ2n) is 8.30. The second kappa shape index (κ2) is 9.35. The molecule has 1 aliphatic heterocycles. The lowest BCUT2D eigenvalue weighted by molar-refractivity contribution is -0.135. The third-order valence-corrected chi connectivity index (χ3v) is 7.55. The standard InChI is InChI=1S/C24H26FN3O4S/c1-16(24(30)28-11-13-33(31,32)14-12-28)26-22(29)10-8-19-20-15-18(25)7-9-21(20)27-23(19)17-5-3-2-4-6-17/h2-7,9,15-16,27H,8,10-14H2,1H3,(H,26,29). The number of aromatic nitrogens is 1. The molecule has 33 heavy (non-hydrogen) atoms. The van der Waals surface area contributed by atoms with Crippen LogP contribution in [0, 0.1) is 5.82 Å². The summed E-state index contributed by atoms with van der Waals surface area (Å²) in [6.07, 6.45) is 0.484. The Bertz CT molecular complexity index is 1270. The molecule has 1 fully saturated rings. The van der Waals surface area contributed by atoms with Gasteiger partial charge in [0.2, 0.25) is 11.8 Å². The molecule has 2 N–H and O–H groups in total. The summed E-state index contributed by atoms with van der Waals surface area (Å²) in [7, 11) is -3.09. The SMILES string of the molecule is CC(NC(=O)CCc1c(-c2ccccc2)[nH]c2ccc(F)cc12)C(=O)N1CCS(=O)(=O)CC1. The topological polar surface area (TPSA) is 99.3 Å². The molecule has 0 radical (unpaired) electrons. The number of hydrogen-bond donors (Lipinski definition) is 2. The van der Waals surface area contributed by atoms with Gasteiger partial charge in [-0.1, -0.05) is 30.3 Å². The normalized spacial score (nSPS) is 16.5.